The number of rotatable bonds is 10. The largest absolute Gasteiger partial charge is 0.343 e. The monoisotopic (exact) mass is 286 g/mol. The molecule has 1 atom stereocenters. The van der Waals surface area contributed by atoms with E-state index in [-0.39, 0.29) is 5.69 Å². The minimum absolute atomic E-state index is 0.110. The smallest absolute Gasteiger partial charge is 0.314 e. The van der Waals surface area contributed by atoms with Crippen LogP contribution in [-0.2, 0) is 6.54 Å². The van der Waals surface area contributed by atoms with Crippen LogP contribution in [0.4, 0.5) is 0 Å². The molecule has 1 aromatic rings. The van der Waals surface area contributed by atoms with E-state index in [2.05, 4.69) is 29.4 Å². The van der Waals surface area contributed by atoms with Crippen LogP contribution in [0.5, 0.6) is 0 Å². The number of nitrogens with zero attached hydrogens (tertiary/aromatic N) is 2. The summed E-state index contributed by atoms with van der Waals surface area (Å²) in [5.41, 5.74) is -0.110. The van der Waals surface area contributed by atoms with Gasteiger partial charge in [0.15, 0.2) is 5.16 Å². The first-order chi connectivity index (χ1) is 9.22. The Bertz CT molecular complexity index is 402. The number of thioether (sulfide) groups is 1. The highest BCUT2D eigenvalue weighted by Gasteiger charge is 2.08. The lowest BCUT2D eigenvalue weighted by molar-refractivity contribution is 0.465. The fraction of sp³-hybridized carbons (Fsp3) is 0.846. The molecule has 0 aliphatic heterocycles. The first-order valence-electron chi connectivity index (χ1n) is 7.24. The SMILES string of the molecule is CCCNC(CC)CCCSc1n[nH]c(=O)n1CC. The molecule has 1 rings (SSSR count). The van der Waals surface area contributed by atoms with Gasteiger partial charge in [0.1, 0.15) is 0 Å². The van der Waals surface area contributed by atoms with Crippen LogP contribution in [-0.4, -0.2) is 33.1 Å². The van der Waals surface area contributed by atoms with E-state index in [9.17, 15) is 4.79 Å². The predicted octanol–water partition coefficient (Wildman–Crippen LogP) is 2.24. The number of hydrogen-bond acceptors (Lipinski definition) is 4. The van der Waals surface area contributed by atoms with Crippen LogP contribution in [0, 0.1) is 0 Å². The van der Waals surface area contributed by atoms with Gasteiger partial charge >= 0.3 is 5.69 Å². The van der Waals surface area contributed by atoms with Gasteiger partial charge in [-0.05, 0) is 39.2 Å². The molecule has 2 N–H and O–H groups in total. The third-order valence-electron chi connectivity index (χ3n) is 3.14. The average molecular weight is 286 g/mol. The molecule has 1 unspecified atom stereocenters. The summed E-state index contributed by atoms with van der Waals surface area (Å²) in [7, 11) is 0. The Morgan fingerprint density at radius 2 is 2.21 bits per heavy atom. The van der Waals surface area contributed by atoms with E-state index < -0.39 is 0 Å². The van der Waals surface area contributed by atoms with Crippen molar-refractivity contribution in [2.24, 2.45) is 0 Å². The van der Waals surface area contributed by atoms with E-state index in [0.717, 1.165) is 23.9 Å². The quantitative estimate of drug-likeness (QED) is 0.511. The third-order valence-corrected chi connectivity index (χ3v) is 4.21. The number of hydrogen-bond donors (Lipinski definition) is 2. The highest BCUT2D eigenvalue weighted by molar-refractivity contribution is 7.99. The van der Waals surface area contributed by atoms with Crippen molar-refractivity contribution in [1.29, 1.82) is 0 Å². The van der Waals surface area contributed by atoms with Crippen LogP contribution in [0.3, 0.4) is 0 Å². The second kappa shape index (κ2) is 9.20. The van der Waals surface area contributed by atoms with E-state index in [1.54, 1.807) is 16.3 Å². The molecule has 0 aliphatic rings. The molecule has 0 amide bonds. The fourth-order valence-corrected chi connectivity index (χ4v) is 2.96. The van der Waals surface area contributed by atoms with Crippen LogP contribution in [0.2, 0.25) is 0 Å². The Morgan fingerprint density at radius 3 is 2.84 bits per heavy atom. The maximum Gasteiger partial charge on any atom is 0.343 e. The molecule has 0 aliphatic carbocycles. The molecule has 0 spiro atoms. The standard InChI is InChI=1S/C13H26N4OS/c1-4-9-14-11(5-2)8-7-10-19-13-16-15-12(18)17(13)6-3/h11,14H,4-10H2,1-3H3,(H,15,18). The third kappa shape index (κ3) is 5.40. The van der Waals surface area contributed by atoms with Gasteiger partial charge in [0, 0.05) is 18.3 Å². The van der Waals surface area contributed by atoms with Crippen molar-refractivity contribution in [3.63, 3.8) is 0 Å². The van der Waals surface area contributed by atoms with Crippen molar-refractivity contribution in [1.82, 2.24) is 20.1 Å². The molecule has 0 aromatic carbocycles. The Labute approximate surface area is 119 Å². The van der Waals surface area contributed by atoms with Gasteiger partial charge in [0.2, 0.25) is 0 Å². The van der Waals surface area contributed by atoms with Crippen LogP contribution in [0.15, 0.2) is 9.95 Å². The summed E-state index contributed by atoms with van der Waals surface area (Å²) in [4.78, 5) is 11.4. The number of nitrogens with one attached hydrogen (secondary N) is 2. The molecular weight excluding hydrogens is 260 g/mol. The molecular formula is C13H26N4OS. The zero-order valence-electron chi connectivity index (χ0n) is 12.2. The molecule has 6 heteroatoms. The lowest BCUT2D eigenvalue weighted by Gasteiger charge is -2.15. The Balaban J connectivity index is 2.28. The number of aromatic nitrogens is 3. The van der Waals surface area contributed by atoms with Crippen molar-refractivity contribution in [3.8, 4) is 0 Å². The summed E-state index contributed by atoms with van der Waals surface area (Å²) in [5.74, 6) is 1.01. The number of H-pyrrole nitrogens is 1. The maximum atomic E-state index is 11.4. The maximum absolute atomic E-state index is 11.4. The van der Waals surface area contributed by atoms with Crippen molar-refractivity contribution in [3.05, 3.63) is 10.5 Å². The van der Waals surface area contributed by atoms with Crippen LogP contribution >= 0.6 is 11.8 Å². The first kappa shape index (κ1) is 16.3. The predicted molar refractivity (Wildman–Crippen MR) is 80.9 cm³/mol. The second-order valence-electron chi connectivity index (χ2n) is 4.61. The van der Waals surface area contributed by atoms with E-state index in [1.165, 1.54) is 19.3 Å². The van der Waals surface area contributed by atoms with Crippen LogP contribution in [0.25, 0.3) is 0 Å². The zero-order chi connectivity index (χ0) is 14.1. The molecule has 0 fully saturated rings. The summed E-state index contributed by atoms with van der Waals surface area (Å²) in [5, 5.41) is 10.9. The summed E-state index contributed by atoms with van der Waals surface area (Å²) in [6.45, 7) is 8.15. The van der Waals surface area contributed by atoms with Gasteiger partial charge in [0.25, 0.3) is 0 Å². The normalized spacial score (nSPS) is 12.8. The first-order valence-corrected chi connectivity index (χ1v) is 8.22. The topological polar surface area (TPSA) is 62.7 Å². The minimum Gasteiger partial charge on any atom is -0.314 e. The average Bonchev–Trinajstić information content (AvgIpc) is 2.78. The van der Waals surface area contributed by atoms with Gasteiger partial charge in [0.05, 0.1) is 0 Å². The fourth-order valence-electron chi connectivity index (χ4n) is 1.98. The summed E-state index contributed by atoms with van der Waals surface area (Å²) in [6, 6.07) is 0.619. The summed E-state index contributed by atoms with van der Waals surface area (Å²) in [6.07, 6.45) is 4.68. The molecule has 5 nitrogen and oxygen atoms in total. The summed E-state index contributed by atoms with van der Waals surface area (Å²) >= 11 is 1.66. The van der Waals surface area contributed by atoms with Gasteiger partial charge in [-0.2, -0.15) is 0 Å². The highest BCUT2D eigenvalue weighted by atomic mass is 32.2. The van der Waals surface area contributed by atoms with E-state index in [1.807, 2.05) is 6.92 Å². The van der Waals surface area contributed by atoms with Gasteiger partial charge in [-0.1, -0.05) is 25.6 Å². The minimum atomic E-state index is -0.110. The molecule has 1 heterocycles. The van der Waals surface area contributed by atoms with E-state index in [4.69, 9.17) is 0 Å². The lowest BCUT2D eigenvalue weighted by atomic mass is 10.1. The van der Waals surface area contributed by atoms with Gasteiger partial charge in [-0.15, -0.1) is 5.10 Å². The molecule has 19 heavy (non-hydrogen) atoms. The van der Waals surface area contributed by atoms with Gasteiger partial charge in [-0.3, -0.25) is 4.57 Å². The van der Waals surface area contributed by atoms with Crippen LogP contribution < -0.4 is 11.0 Å². The van der Waals surface area contributed by atoms with Crippen molar-refractivity contribution < 1.29 is 0 Å². The van der Waals surface area contributed by atoms with Crippen molar-refractivity contribution in [2.75, 3.05) is 12.3 Å². The van der Waals surface area contributed by atoms with E-state index >= 15 is 0 Å². The molecule has 0 radical (unpaired) electrons. The van der Waals surface area contributed by atoms with Gasteiger partial charge in [-0.25, -0.2) is 9.89 Å². The molecule has 1 aromatic heterocycles. The second-order valence-corrected chi connectivity index (χ2v) is 5.67. The summed E-state index contributed by atoms with van der Waals surface area (Å²) < 4.78 is 1.68. The Kier molecular flexibility index (Phi) is 7.90. The molecule has 0 saturated carbocycles. The van der Waals surface area contributed by atoms with Gasteiger partial charge < -0.3 is 5.32 Å². The highest BCUT2D eigenvalue weighted by Crippen LogP contribution is 2.16. The molecule has 110 valence electrons. The molecule has 0 saturated heterocycles. The zero-order valence-corrected chi connectivity index (χ0v) is 13.1. The lowest BCUT2D eigenvalue weighted by Crippen LogP contribution is -2.29. The Hall–Kier alpha value is -0.750. The van der Waals surface area contributed by atoms with E-state index in [0.29, 0.717) is 12.6 Å². The number of aromatic amines is 1. The van der Waals surface area contributed by atoms with Crippen LogP contribution in [0.1, 0.15) is 46.5 Å². The molecule has 0 bridgehead atoms. The Morgan fingerprint density at radius 1 is 1.42 bits per heavy atom. The van der Waals surface area contributed by atoms with Crippen molar-refractivity contribution in [2.45, 2.75) is 64.2 Å². The van der Waals surface area contributed by atoms with Crippen molar-refractivity contribution >= 4 is 11.8 Å².